The van der Waals surface area contributed by atoms with Crippen molar-refractivity contribution in [1.29, 1.82) is 0 Å². The third-order valence-corrected chi connectivity index (χ3v) is 1.89. The summed E-state index contributed by atoms with van der Waals surface area (Å²) in [5, 5.41) is 18.4. The standard InChI is InChI=1S/C9H12FNO3/c1-5-3-6(4-11-14-2)7(10)9(13)8(5)12/h3,11-13H,4H2,1-2H3. The smallest absolute Gasteiger partial charge is 0.194 e. The summed E-state index contributed by atoms with van der Waals surface area (Å²) in [6.45, 7) is 1.70. The minimum atomic E-state index is -0.836. The molecule has 0 spiro atoms. The van der Waals surface area contributed by atoms with Crippen molar-refractivity contribution in [3.63, 3.8) is 0 Å². The topological polar surface area (TPSA) is 61.7 Å². The second kappa shape index (κ2) is 4.26. The van der Waals surface area contributed by atoms with Gasteiger partial charge in [0.15, 0.2) is 17.3 Å². The highest BCUT2D eigenvalue weighted by Gasteiger charge is 2.14. The molecule has 1 aromatic rings. The molecule has 0 aliphatic carbocycles. The Bertz CT molecular complexity index is 341. The van der Waals surface area contributed by atoms with Crippen LogP contribution in [0.15, 0.2) is 6.07 Å². The van der Waals surface area contributed by atoms with Crippen molar-refractivity contribution >= 4 is 0 Å². The van der Waals surface area contributed by atoms with Crippen LogP contribution in [0.5, 0.6) is 11.5 Å². The molecule has 4 nitrogen and oxygen atoms in total. The van der Waals surface area contributed by atoms with E-state index in [9.17, 15) is 14.6 Å². The van der Waals surface area contributed by atoms with Crippen LogP contribution in [0.1, 0.15) is 11.1 Å². The average Bonchev–Trinajstić information content (AvgIpc) is 2.18. The van der Waals surface area contributed by atoms with Crippen molar-refractivity contribution in [3.8, 4) is 11.5 Å². The van der Waals surface area contributed by atoms with Crippen molar-refractivity contribution in [1.82, 2.24) is 5.48 Å². The van der Waals surface area contributed by atoms with Gasteiger partial charge < -0.3 is 15.1 Å². The molecule has 3 N–H and O–H groups in total. The molecule has 0 unspecified atom stereocenters. The normalized spacial score (nSPS) is 10.5. The SMILES string of the molecule is CONCc1cc(C)c(O)c(O)c1F. The summed E-state index contributed by atoms with van der Waals surface area (Å²) in [5.41, 5.74) is 3.10. The lowest BCUT2D eigenvalue weighted by molar-refractivity contribution is 0.0857. The molecule has 1 rings (SSSR count). The quantitative estimate of drug-likeness (QED) is 0.508. The van der Waals surface area contributed by atoms with Gasteiger partial charge in [-0.2, -0.15) is 5.48 Å². The highest BCUT2D eigenvalue weighted by atomic mass is 19.1. The largest absolute Gasteiger partial charge is 0.504 e. The van der Waals surface area contributed by atoms with Gasteiger partial charge in [-0.25, -0.2) is 4.39 Å². The minimum absolute atomic E-state index is 0.122. The van der Waals surface area contributed by atoms with E-state index in [1.54, 1.807) is 6.92 Å². The zero-order valence-electron chi connectivity index (χ0n) is 7.97. The maximum atomic E-state index is 13.3. The average molecular weight is 201 g/mol. The summed E-state index contributed by atoms with van der Waals surface area (Å²) in [5.74, 6) is -1.99. The number of nitrogens with one attached hydrogen (secondary N) is 1. The van der Waals surface area contributed by atoms with Crippen molar-refractivity contribution < 1.29 is 19.4 Å². The molecule has 0 bridgehead atoms. The summed E-state index contributed by atoms with van der Waals surface area (Å²) < 4.78 is 13.3. The number of benzene rings is 1. The molecular formula is C9H12FNO3. The van der Waals surface area contributed by atoms with Gasteiger partial charge in [0.05, 0.1) is 7.11 Å². The minimum Gasteiger partial charge on any atom is -0.504 e. The number of halogens is 1. The van der Waals surface area contributed by atoms with Crippen LogP contribution >= 0.6 is 0 Å². The Morgan fingerprint density at radius 2 is 2.07 bits per heavy atom. The first kappa shape index (κ1) is 10.7. The molecule has 0 amide bonds. The highest BCUT2D eigenvalue weighted by molar-refractivity contribution is 5.48. The van der Waals surface area contributed by atoms with Gasteiger partial charge in [-0.05, 0) is 18.6 Å². The van der Waals surface area contributed by atoms with Crippen LogP contribution in [-0.4, -0.2) is 17.3 Å². The molecule has 0 aliphatic rings. The molecule has 0 aromatic heterocycles. The lowest BCUT2D eigenvalue weighted by Crippen LogP contribution is -2.12. The molecular weight excluding hydrogens is 189 g/mol. The van der Waals surface area contributed by atoms with E-state index >= 15 is 0 Å². The first-order chi connectivity index (χ1) is 6.57. The second-order valence-electron chi connectivity index (χ2n) is 2.89. The van der Waals surface area contributed by atoms with Gasteiger partial charge in [0, 0.05) is 12.1 Å². The van der Waals surface area contributed by atoms with E-state index in [0.717, 1.165) is 0 Å². The third kappa shape index (κ3) is 1.94. The molecule has 0 fully saturated rings. The number of phenols is 2. The van der Waals surface area contributed by atoms with Crippen molar-refractivity contribution in [2.24, 2.45) is 0 Å². The first-order valence-electron chi connectivity index (χ1n) is 4.03. The van der Waals surface area contributed by atoms with Crippen LogP contribution in [0.4, 0.5) is 4.39 Å². The monoisotopic (exact) mass is 201 g/mol. The van der Waals surface area contributed by atoms with E-state index in [-0.39, 0.29) is 12.1 Å². The maximum Gasteiger partial charge on any atom is 0.194 e. The van der Waals surface area contributed by atoms with E-state index in [1.807, 2.05) is 0 Å². The maximum absolute atomic E-state index is 13.3. The molecule has 0 saturated carbocycles. The van der Waals surface area contributed by atoms with E-state index in [0.29, 0.717) is 5.56 Å². The lowest BCUT2D eigenvalue weighted by atomic mass is 10.1. The number of phenolic OH excluding ortho intramolecular Hbond substituents is 2. The Labute approximate surface area is 80.9 Å². The Kier molecular flexibility index (Phi) is 3.27. The van der Waals surface area contributed by atoms with E-state index in [1.165, 1.54) is 13.2 Å². The first-order valence-corrected chi connectivity index (χ1v) is 4.03. The molecule has 0 heterocycles. The number of aryl methyl sites for hydroxylation is 1. The Balaban J connectivity index is 3.06. The Morgan fingerprint density at radius 1 is 1.43 bits per heavy atom. The van der Waals surface area contributed by atoms with Gasteiger partial charge in [0.2, 0.25) is 0 Å². The van der Waals surface area contributed by atoms with Gasteiger partial charge >= 0.3 is 0 Å². The van der Waals surface area contributed by atoms with Crippen molar-refractivity contribution in [3.05, 3.63) is 23.0 Å². The fourth-order valence-electron chi connectivity index (χ4n) is 1.11. The van der Waals surface area contributed by atoms with Gasteiger partial charge in [0.25, 0.3) is 0 Å². The van der Waals surface area contributed by atoms with Gasteiger partial charge in [-0.15, -0.1) is 0 Å². The van der Waals surface area contributed by atoms with Crippen molar-refractivity contribution in [2.45, 2.75) is 13.5 Å². The van der Waals surface area contributed by atoms with Crippen LogP contribution in [0.2, 0.25) is 0 Å². The van der Waals surface area contributed by atoms with Gasteiger partial charge in [-0.1, -0.05) is 0 Å². The molecule has 0 saturated heterocycles. The van der Waals surface area contributed by atoms with Crippen molar-refractivity contribution in [2.75, 3.05) is 7.11 Å². The molecule has 5 heteroatoms. The number of hydrogen-bond acceptors (Lipinski definition) is 4. The summed E-state index contributed by atoms with van der Waals surface area (Å²) in [7, 11) is 1.41. The predicted octanol–water partition coefficient (Wildman–Crippen LogP) is 1.20. The third-order valence-electron chi connectivity index (χ3n) is 1.89. The molecule has 0 aliphatic heterocycles. The second-order valence-corrected chi connectivity index (χ2v) is 2.89. The van der Waals surface area contributed by atoms with E-state index in [2.05, 4.69) is 10.3 Å². The molecule has 0 atom stereocenters. The zero-order chi connectivity index (χ0) is 10.7. The summed E-state index contributed by atoms with van der Waals surface area (Å²) in [6, 6.07) is 1.44. The van der Waals surface area contributed by atoms with E-state index in [4.69, 9.17) is 0 Å². The number of hydroxylamine groups is 1. The predicted molar refractivity (Wildman–Crippen MR) is 48.3 cm³/mol. The summed E-state index contributed by atoms with van der Waals surface area (Å²) >= 11 is 0. The van der Waals surface area contributed by atoms with E-state index < -0.39 is 17.3 Å². The molecule has 0 radical (unpaired) electrons. The summed E-state index contributed by atoms with van der Waals surface area (Å²) in [4.78, 5) is 4.55. The Hall–Kier alpha value is -1.33. The molecule has 14 heavy (non-hydrogen) atoms. The molecule has 78 valence electrons. The van der Waals surface area contributed by atoms with Crippen LogP contribution < -0.4 is 5.48 Å². The van der Waals surface area contributed by atoms with Gasteiger partial charge in [0.1, 0.15) is 0 Å². The van der Waals surface area contributed by atoms with Crippen LogP contribution in [0.25, 0.3) is 0 Å². The fourth-order valence-corrected chi connectivity index (χ4v) is 1.11. The fraction of sp³-hybridized carbons (Fsp3) is 0.333. The Morgan fingerprint density at radius 3 is 2.64 bits per heavy atom. The van der Waals surface area contributed by atoms with Crippen LogP contribution in [0.3, 0.4) is 0 Å². The lowest BCUT2D eigenvalue weighted by Gasteiger charge is -2.08. The van der Waals surface area contributed by atoms with Crippen LogP contribution in [-0.2, 0) is 11.4 Å². The number of rotatable bonds is 3. The number of aromatic hydroxyl groups is 2. The van der Waals surface area contributed by atoms with Crippen LogP contribution in [0, 0.1) is 12.7 Å². The number of hydrogen-bond donors (Lipinski definition) is 3. The highest BCUT2D eigenvalue weighted by Crippen LogP contribution is 2.33. The zero-order valence-corrected chi connectivity index (χ0v) is 7.97. The summed E-state index contributed by atoms with van der Waals surface area (Å²) in [6.07, 6.45) is 0. The molecule has 1 aromatic carbocycles. The van der Waals surface area contributed by atoms with Gasteiger partial charge in [-0.3, -0.25) is 0 Å².